The van der Waals surface area contributed by atoms with Crippen LogP contribution >= 0.6 is 0 Å². The molecule has 0 spiro atoms. The van der Waals surface area contributed by atoms with Gasteiger partial charge in [-0.3, -0.25) is 9.88 Å². The first-order chi connectivity index (χ1) is 10.8. The van der Waals surface area contributed by atoms with E-state index in [4.69, 9.17) is 4.74 Å². The first-order valence-corrected chi connectivity index (χ1v) is 7.13. The number of hydrogen-bond acceptors (Lipinski definition) is 4. The fourth-order valence-electron chi connectivity index (χ4n) is 2.72. The average Bonchev–Trinajstić information content (AvgIpc) is 2.97. The number of carbonyl (C=O) groups excluding carboxylic acids is 1. The number of hydrogen-bond donors (Lipinski definition) is 1. The normalized spacial score (nSPS) is 14.0. The summed E-state index contributed by atoms with van der Waals surface area (Å²) in [6, 6.07) is 7.75. The number of ether oxygens (including phenoxy) is 1. The second-order valence-electron chi connectivity index (χ2n) is 5.12. The monoisotopic (exact) mass is 294 g/mol. The number of benzene rings is 1. The third-order valence-electron chi connectivity index (χ3n) is 3.81. The third-order valence-corrected chi connectivity index (χ3v) is 3.81. The Morgan fingerprint density at radius 2 is 2.14 bits per heavy atom. The second-order valence-corrected chi connectivity index (χ2v) is 5.12. The van der Waals surface area contributed by atoms with E-state index < -0.39 is 0 Å². The molecule has 1 amide bonds. The van der Waals surface area contributed by atoms with Crippen LogP contribution < -0.4 is 4.90 Å². The van der Waals surface area contributed by atoms with Crippen molar-refractivity contribution in [3.63, 3.8) is 0 Å². The number of rotatable bonds is 2. The summed E-state index contributed by atoms with van der Waals surface area (Å²) in [5.41, 5.74) is 4.60. The smallest absolute Gasteiger partial charge is 0.414 e. The van der Waals surface area contributed by atoms with Crippen molar-refractivity contribution in [2.75, 3.05) is 11.4 Å². The largest absolute Gasteiger partial charge is 0.444 e. The number of cyclic esters (lactones) is 1. The van der Waals surface area contributed by atoms with E-state index in [1.807, 2.05) is 31.2 Å². The van der Waals surface area contributed by atoms with Gasteiger partial charge >= 0.3 is 6.09 Å². The zero-order valence-corrected chi connectivity index (χ0v) is 12.0. The van der Waals surface area contributed by atoms with Crippen molar-refractivity contribution in [2.45, 2.75) is 13.5 Å². The molecule has 1 aromatic carbocycles. The van der Waals surface area contributed by atoms with E-state index in [0.717, 1.165) is 33.7 Å². The molecule has 3 aromatic rings. The summed E-state index contributed by atoms with van der Waals surface area (Å²) >= 11 is 0. The van der Waals surface area contributed by atoms with E-state index in [0.29, 0.717) is 13.2 Å². The number of aromatic nitrogens is 3. The molecule has 3 heterocycles. The first kappa shape index (κ1) is 12.8. The Bertz CT molecular complexity index is 857. The SMILES string of the molecule is CCN1C(=O)OCc2cc3[nH]c(-c4ccncc4)nc3cc21. The van der Waals surface area contributed by atoms with Gasteiger partial charge in [-0.15, -0.1) is 0 Å². The van der Waals surface area contributed by atoms with Gasteiger partial charge in [0.2, 0.25) is 0 Å². The number of nitrogens with zero attached hydrogens (tertiary/aromatic N) is 3. The van der Waals surface area contributed by atoms with Crippen LogP contribution in [0.1, 0.15) is 12.5 Å². The summed E-state index contributed by atoms with van der Waals surface area (Å²) in [4.78, 5) is 25.4. The lowest BCUT2D eigenvalue weighted by Gasteiger charge is -2.27. The summed E-state index contributed by atoms with van der Waals surface area (Å²) in [6.07, 6.45) is 3.16. The highest BCUT2D eigenvalue weighted by molar-refractivity contribution is 5.94. The fraction of sp³-hybridized carbons (Fsp3) is 0.188. The van der Waals surface area contributed by atoms with Crippen molar-refractivity contribution in [1.82, 2.24) is 15.0 Å². The maximum absolute atomic E-state index is 11.8. The quantitative estimate of drug-likeness (QED) is 0.788. The van der Waals surface area contributed by atoms with Crippen molar-refractivity contribution < 1.29 is 9.53 Å². The summed E-state index contributed by atoms with van der Waals surface area (Å²) < 4.78 is 5.19. The lowest BCUT2D eigenvalue weighted by Crippen LogP contribution is -2.35. The highest BCUT2D eigenvalue weighted by Crippen LogP contribution is 2.31. The van der Waals surface area contributed by atoms with Gasteiger partial charge < -0.3 is 9.72 Å². The van der Waals surface area contributed by atoms with E-state index in [-0.39, 0.29) is 6.09 Å². The minimum atomic E-state index is -0.306. The van der Waals surface area contributed by atoms with Crippen LogP contribution in [0.25, 0.3) is 22.4 Å². The first-order valence-electron chi connectivity index (χ1n) is 7.13. The van der Waals surface area contributed by atoms with E-state index in [9.17, 15) is 4.79 Å². The Labute approximate surface area is 126 Å². The Morgan fingerprint density at radius 1 is 1.32 bits per heavy atom. The number of imidazole rings is 1. The lowest BCUT2D eigenvalue weighted by molar-refractivity contribution is 0.142. The van der Waals surface area contributed by atoms with Gasteiger partial charge in [-0.05, 0) is 31.2 Å². The molecule has 0 unspecified atom stereocenters. The lowest BCUT2D eigenvalue weighted by atomic mass is 10.1. The number of carbonyl (C=O) groups is 1. The molecular formula is C16H14N4O2. The van der Waals surface area contributed by atoms with Crippen LogP contribution in [0, 0.1) is 0 Å². The van der Waals surface area contributed by atoms with Gasteiger partial charge in [-0.2, -0.15) is 0 Å². The van der Waals surface area contributed by atoms with Gasteiger partial charge in [-0.1, -0.05) is 0 Å². The topological polar surface area (TPSA) is 71.1 Å². The van der Waals surface area contributed by atoms with Crippen LogP contribution in [0.5, 0.6) is 0 Å². The van der Waals surface area contributed by atoms with Gasteiger partial charge in [0.25, 0.3) is 0 Å². The molecule has 4 rings (SSSR count). The molecule has 1 aliphatic rings. The summed E-state index contributed by atoms with van der Waals surface area (Å²) in [5.74, 6) is 0.787. The molecule has 1 aliphatic heterocycles. The standard InChI is InChI=1S/C16H14N4O2/c1-2-20-14-8-13-12(7-11(14)9-22-16(20)21)18-15(19-13)10-3-5-17-6-4-10/h3-8H,2,9H2,1H3,(H,18,19). The molecule has 0 aliphatic carbocycles. The van der Waals surface area contributed by atoms with E-state index in [1.165, 1.54) is 0 Å². The molecule has 6 nitrogen and oxygen atoms in total. The van der Waals surface area contributed by atoms with Crippen molar-refractivity contribution in [1.29, 1.82) is 0 Å². The van der Waals surface area contributed by atoms with Crippen LogP contribution in [0.3, 0.4) is 0 Å². The molecule has 0 bridgehead atoms. The van der Waals surface area contributed by atoms with Crippen LogP contribution in [0.2, 0.25) is 0 Å². The van der Waals surface area contributed by atoms with E-state index >= 15 is 0 Å². The van der Waals surface area contributed by atoms with Gasteiger partial charge in [-0.25, -0.2) is 9.78 Å². The van der Waals surface area contributed by atoms with Crippen molar-refractivity contribution in [3.05, 3.63) is 42.2 Å². The summed E-state index contributed by atoms with van der Waals surface area (Å²) in [7, 11) is 0. The van der Waals surface area contributed by atoms with Gasteiger partial charge in [0.1, 0.15) is 12.4 Å². The van der Waals surface area contributed by atoms with Crippen LogP contribution in [-0.2, 0) is 11.3 Å². The number of nitrogens with one attached hydrogen (secondary N) is 1. The maximum Gasteiger partial charge on any atom is 0.414 e. The number of fused-ring (bicyclic) bond motifs is 2. The second kappa shape index (κ2) is 4.84. The number of amides is 1. The Hall–Kier alpha value is -2.89. The number of H-pyrrole nitrogens is 1. The number of aromatic amines is 1. The molecule has 22 heavy (non-hydrogen) atoms. The molecule has 0 saturated carbocycles. The van der Waals surface area contributed by atoms with Crippen molar-refractivity contribution in [2.24, 2.45) is 0 Å². The minimum Gasteiger partial charge on any atom is -0.444 e. The van der Waals surface area contributed by atoms with Crippen LogP contribution in [-0.4, -0.2) is 27.6 Å². The molecule has 6 heteroatoms. The van der Waals surface area contributed by atoms with Gasteiger partial charge in [0.15, 0.2) is 0 Å². The summed E-state index contributed by atoms with van der Waals surface area (Å²) in [5, 5.41) is 0. The molecule has 0 radical (unpaired) electrons. The predicted molar refractivity (Wildman–Crippen MR) is 82.5 cm³/mol. The third kappa shape index (κ3) is 1.92. The van der Waals surface area contributed by atoms with E-state index in [1.54, 1.807) is 17.3 Å². The van der Waals surface area contributed by atoms with Crippen molar-refractivity contribution >= 4 is 22.8 Å². The van der Waals surface area contributed by atoms with Gasteiger partial charge in [0, 0.05) is 30.1 Å². The zero-order valence-electron chi connectivity index (χ0n) is 12.0. The molecule has 0 saturated heterocycles. The van der Waals surface area contributed by atoms with Crippen molar-refractivity contribution in [3.8, 4) is 11.4 Å². The van der Waals surface area contributed by atoms with Crippen LogP contribution in [0.4, 0.5) is 10.5 Å². The highest BCUT2D eigenvalue weighted by Gasteiger charge is 2.25. The number of anilines is 1. The van der Waals surface area contributed by atoms with Gasteiger partial charge in [0.05, 0.1) is 16.7 Å². The molecule has 1 N–H and O–H groups in total. The maximum atomic E-state index is 11.8. The van der Waals surface area contributed by atoms with E-state index in [2.05, 4.69) is 15.0 Å². The molecule has 110 valence electrons. The highest BCUT2D eigenvalue weighted by atomic mass is 16.6. The number of pyridine rings is 1. The molecular weight excluding hydrogens is 280 g/mol. The van der Waals surface area contributed by atoms with Crippen LogP contribution in [0.15, 0.2) is 36.7 Å². The fourth-order valence-corrected chi connectivity index (χ4v) is 2.72. The Morgan fingerprint density at radius 3 is 2.91 bits per heavy atom. The summed E-state index contributed by atoms with van der Waals surface area (Å²) in [6.45, 7) is 2.79. The Kier molecular flexibility index (Phi) is 2.82. The molecule has 0 fully saturated rings. The molecule has 0 atom stereocenters. The molecule has 2 aromatic heterocycles. The average molecular weight is 294 g/mol. The zero-order chi connectivity index (χ0) is 15.1. The Balaban J connectivity index is 1.86. The predicted octanol–water partition coefficient (Wildman–Crippen LogP) is 3.10. The minimum absolute atomic E-state index is 0.296.